The lowest BCUT2D eigenvalue weighted by Crippen LogP contribution is -2.11. The van der Waals surface area contributed by atoms with Gasteiger partial charge in [0, 0.05) is 12.1 Å². The van der Waals surface area contributed by atoms with Crippen molar-refractivity contribution in [2.75, 3.05) is 0 Å². The standard InChI is InChI=1S/C15H15F3N2O/c1-2-3-9-20-12(10-21)13(15(16,17)18)19-14(20)11-7-5-4-6-8-11/h4-8,10H,2-3,9H2,1H3. The Bertz CT molecular complexity index is 618. The number of nitrogens with zero attached hydrogens (tertiary/aromatic N) is 2. The number of imidazole rings is 1. The van der Waals surface area contributed by atoms with Crippen molar-refractivity contribution in [1.82, 2.24) is 9.55 Å². The van der Waals surface area contributed by atoms with Gasteiger partial charge in [-0.05, 0) is 6.42 Å². The highest BCUT2D eigenvalue weighted by atomic mass is 19.4. The third-order valence-electron chi connectivity index (χ3n) is 3.15. The molecule has 1 aromatic carbocycles. The van der Waals surface area contributed by atoms with E-state index >= 15 is 0 Å². The normalized spacial score (nSPS) is 11.6. The highest BCUT2D eigenvalue weighted by molar-refractivity contribution is 5.77. The molecule has 0 N–H and O–H groups in total. The summed E-state index contributed by atoms with van der Waals surface area (Å²) in [5.74, 6) is 0.179. The lowest BCUT2D eigenvalue weighted by atomic mass is 10.2. The molecule has 0 radical (unpaired) electrons. The summed E-state index contributed by atoms with van der Waals surface area (Å²) in [6.07, 6.45) is -2.92. The predicted molar refractivity (Wildman–Crippen MR) is 73.0 cm³/mol. The van der Waals surface area contributed by atoms with Crippen molar-refractivity contribution in [1.29, 1.82) is 0 Å². The van der Waals surface area contributed by atoms with Gasteiger partial charge in [0.2, 0.25) is 0 Å². The van der Waals surface area contributed by atoms with Crippen LogP contribution in [0.15, 0.2) is 30.3 Å². The van der Waals surface area contributed by atoms with Gasteiger partial charge in [0.25, 0.3) is 0 Å². The van der Waals surface area contributed by atoms with Crippen molar-refractivity contribution >= 4 is 6.29 Å². The lowest BCUT2D eigenvalue weighted by Gasteiger charge is -2.09. The van der Waals surface area contributed by atoms with Gasteiger partial charge in [-0.25, -0.2) is 4.98 Å². The minimum Gasteiger partial charge on any atom is -0.321 e. The van der Waals surface area contributed by atoms with E-state index in [2.05, 4.69) is 4.98 Å². The van der Waals surface area contributed by atoms with Crippen LogP contribution in [-0.4, -0.2) is 15.8 Å². The first kappa shape index (κ1) is 15.3. The van der Waals surface area contributed by atoms with Crippen molar-refractivity contribution in [3.05, 3.63) is 41.7 Å². The highest BCUT2D eigenvalue weighted by Crippen LogP contribution is 2.34. The quantitative estimate of drug-likeness (QED) is 0.776. The minimum atomic E-state index is -4.64. The van der Waals surface area contributed by atoms with E-state index < -0.39 is 17.6 Å². The molecule has 0 aliphatic carbocycles. The van der Waals surface area contributed by atoms with Gasteiger partial charge in [0.05, 0.1) is 0 Å². The van der Waals surface area contributed by atoms with Gasteiger partial charge in [-0.3, -0.25) is 4.79 Å². The summed E-state index contributed by atoms with van der Waals surface area (Å²) in [5, 5.41) is 0. The molecule has 0 unspecified atom stereocenters. The number of aldehydes is 1. The molecule has 1 aromatic heterocycles. The largest absolute Gasteiger partial charge is 0.435 e. The Morgan fingerprint density at radius 3 is 2.43 bits per heavy atom. The second kappa shape index (κ2) is 6.11. The maximum Gasteiger partial charge on any atom is 0.435 e. The first-order chi connectivity index (χ1) is 9.99. The first-order valence-corrected chi connectivity index (χ1v) is 6.67. The predicted octanol–water partition coefficient (Wildman–Crippen LogP) is 4.18. The Balaban J connectivity index is 2.63. The van der Waals surface area contributed by atoms with Gasteiger partial charge in [-0.2, -0.15) is 13.2 Å². The van der Waals surface area contributed by atoms with Gasteiger partial charge < -0.3 is 4.57 Å². The van der Waals surface area contributed by atoms with E-state index in [1.807, 2.05) is 6.92 Å². The van der Waals surface area contributed by atoms with Crippen LogP contribution >= 0.6 is 0 Å². The maximum absolute atomic E-state index is 13.0. The summed E-state index contributed by atoms with van der Waals surface area (Å²) < 4.78 is 40.5. The number of unbranched alkanes of at least 4 members (excludes halogenated alkanes) is 1. The molecule has 0 spiro atoms. The first-order valence-electron chi connectivity index (χ1n) is 6.67. The number of hydrogen-bond acceptors (Lipinski definition) is 2. The molecule has 21 heavy (non-hydrogen) atoms. The third kappa shape index (κ3) is 3.15. The molecule has 0 fully saturated rings. The lowest BCUT2D eigenvalue weighted by molar-refractivity contribution is -0.141. The molecule has 112 valence electrons. The summed E-state index contributed by atoms with van der Waals surface area (Å²) in [7, 11) is 0. The van der Waals surface area contributed by atoms with Crippen LogP contribution in [0.1, 0.15) is 35.9 Å². The van der Waals surface area contributed by atoms with Gasteiger partial charge >= 0.3 is 6.18 Å². The van der Waals surface area contributed by atoms with E-state index in [1.54, 1.807) is 30.3 Å². The van der Waals surface area contributed by atoms with Gasteiger partial charge in [0.1, 0.15) is 11.5 Å². The zero-order valence-electron chi connectivity index (χ0n) is 11.5. The fraction of sp³-hybridized carbons (Fsp3) is 0.333. The zero-order valence-corrected chi connectivity index (χ0v) is 11.5. The second-order valence-electron chi connectivity index (χ2n) is 4.66. The van der Waals surface area contributed by atoms with Gasteiger partial charge in [-0.1, -0.05) is 43.7 Å². The Labute approximate surface area is 120 Å². The molecule has 0 aliphatic rings. The zero-order chi connectivity index (χ0) is 15.5. The van der Waals surface area contributed by atoms with Crippen LogP contribution in [0.2, 0.25) is 0 Å². The third-order valence-corrected chi connectivity index (χ3v) is 3.15. The Morgan fingerprint density at radius 1 is 1.24 bits per heavy atom. The number of carbonyl (C=O) groups is 1. The molecule has 0 bridgehead atoms. The smallest absolute Gasteiger partial charge is 0.321 e. The number of rotatable bonds is 5. The van der Waals surface area contributed by atoms with E-state index in [4.69, 9.17) is 0 Å². The Morgan fingerprint density at radius 2 is 1.90 bits per heavy atom. The molecule has 3 nitrogen and oxygen atoms in total. The summed E-state index contributed by atoms with van der Waals surface area (Å²) in [4.78, 5) is 14.8. The van der Waals surface area contributed by atoms with Crippen LogP contribution in [0.5, 0.6) is 0 Å². The van der Waals surface area contributed by atoms with E-state index in [1.165, 1.54) is 4.57 Å². The van der Waals surface area contributed by atoms with Gasteiger partial charge in [0.15, 0.2) is 12.0 Å². The molecule has 0 saturated carbocycles. The Kier molecular flexibility index (Phi) is 4.45. The molecule has 2 rings (SSSR count). The summed E-state index contributed by atoms with van der Waals surface area (Å²) >= 11 is 0. The van der Waals surface area contributed by atoms with Crippen molar-refractivity contribution in [3.63, 3.8) is 0 Å². The van der Waals surface area contributed by atoms with Crippen LogP contribution in [-0.2, 0) is 12.7 Å². The van der Waals surface area contributed by atoms with Crippen LogP contribution in [0.4, 0.5) is 13.2 Å². The van der Waals surface area contributed by atoms with Crippen LogP contribution < -0.4 is 0 Å². The average Bonchev–Trinajstić information content (AvgIpc) is 2.84. The number of benzene rings is 1. The number of alkyl halides is 3. The molecule has 0 atom stereocenters. The van der Waals surface area contributed by atoms with Crippen molar-refractivity contribution in [3.8, 4) is 11.4 Å². The topological polar surface area (TPSA) is 34.9 Å². The number of halogens is 3. The molecule has 6 heteroatoms. The summed E-state index contributed by atoms with van der Waals surface area (Å²) in [6.45, 7) is 2.27. The molecule has 0 aliphatic heterocycles. The Hall–Kier alpha value is -2.11. The number of hydrogen-bond donors (Lipinski definition) is 0. The van der Waals surface area contributed by atoms with Crippen molar-refractivity contribution in [2.45, 2.75) is 32.5 Å². The SMILES string of the molecule is CCCCn1c(-c2ccccc2)nc(C(F)(F)F)c1C=O. The highest BCUT2D eigenvalue weighted by Gasteiger charge is 2.39. The van der Waals surface area contributed by atoms with Crippen LogP contribution in [0.3, 0.4) is 0 Å². The number of aromatic nitrogens is 2. The number of carbonyl (C=O) groups excluding carboxylic acids is 1. The summed E-state index contributed by atoms with van der Waals surface area (Å²) in [5.41, 5.74) is -0.963. The maximum atomic E-state index is 13.0. The summed E-state index contributed by atoms with van der Waals surface area (Å²) in [6, 6.07) is 8.58. The van der Waals surface area contributed by atoms with Crippen LogP contribution in [0, 0.1) is 0 Å². The van der Waals surface area contributed by atoms with E-state index in [9.17, 15) is 18.0 Å². The molecule has 0 amide bonds. The van der Waals surface area contributed by atoms with E-state index in [-0.39, 0.29) is 12.1 Å². The molecular formula is C15H15F3N2O. The van der Waals surface area contributed by atoms with Gasteiger partial charge in [-0.15, -0.1) is 0 Å². The molecular weight excluding hydrogens is 281 g/mol. The molecule has 0 saturated heterocycles. The fourth-order valence-corrected chi connectivity index (χ4v) is 2.14. The van der Waals surface area contributed by atoms with Crippen molar-refractivity contribution < 1.29 is 18.0 Å². The minimum absolute atomic E-state index is 0.179. The van der Waals surface area contributed by atoms with Crippen molar-refractivity contribution in [2.24, 2.45) is 0 Å². The molecule has 2 aromatic rings. The second-order valence-corrected chi connectivity index (χ2v) is 4.66. The molecule has 1 heterocycles. The monoisotopic (exact) mass is 296 g/mol. The van der Waals surface area contributed by atoms with Crippen LogP contribution in [0.25, 0.3) is 11.4 Å². The van der Waals surface area contributed by atoms with E-state index in [0.717, 1.165) is 6.42 Å². The fourth-order valence-electron chi connectivity index (χ4n) is 2.14. The average molecular weight is 296 g/mol. The van der Waals surface area contributed by atoms with E-state index in [0.29, 0.717) is 18.5 Å².